The lowest BCUT2D eigenvalue weighted by Crippen LogP contribution is -2.20. The van der Waals surface area contributed by atoms with Crippen molar-refractivity contribution in [1.29, 1.82) is 0 Å². The van der Waals surface area contributed by atoms with Gasteiger partial charge in [0.15, 0.2) is 5.11 Å². The maximum Gasteiger partial charge on any atom is 0.416 e. The van der Waals surface area contributed by atoms with Crippen LogP contribution in [0.25, 0.3) is 0 Å². The molecule has 2 nitrogen and oxygen atoms in total. The highest BCUT2D eigenvalue weighted by atomic mass is 127. The second-order valence-corrected chi connectivity index (χ2v) is 4.33. The van der Waals surface area contributed by atoms with Gasteiger partial charge < -0.3 is 11.1 Å². The molecule has 1 aromatic carbocycles. The van der Waals surface area contributed by atoms with E-state index in [1.165, 1.54) is 0 Å². The Kier molecular flexibility index (Phi) is 3.94. The van der Waals surface area contributed by atoms with E-state index in [1.54, 1.807) is 22.6 Å². The van der Waals surface area contributed by atoms with E-state index >= 15 is 0 Å². The van der Waals surface area contributed by atoms with Gasteiger partial charge in [-0.25, -0.2) is 4.39 Å². The van der Waals surface area contributed by atoms with Gasteiger partial charge in [-0.05, 0) is 46.9 Å². The van der Waals surface area contributed by atoms with Crippen LogP contribution >= 0.6 is 34.8 Å². The fourth-order valence-corrected chi connectivity index (χ4v) is 1.53. The molecule has 0 heterocycles. The largest absolute Gasteiger partial charge is 0.416 e. The van der Waals surface area contributed by atoms with E-state index in [0.717, 1.165) is 6.07 Å². The molecular formula is C8H5F4IN2S. The van der Waals surface area contributed by atoms with Crippen LogP contribution in [-0.4, -0.2) is 5.11 Å². The van der Waals surface area contributed by atoms with Crippen molar-refractivity contribution < 1.29 is 17.6 Å². The average Bonchev–Trinajstić information content (AvgIpc) is 2.10. The van der Waals surface area contributed by atoms with Gasteiger partial charge >= 0.3 is 6.18 Å². The normalized spacial score (nSPS) is 11.3. The van der Waals surface area contributed by atoms with E-state index in [4.69, 9.17) is 5.73 Å². The van der Waals surface area contributed by atoms with Crippen LogP contribution in [0.3, 0.4) is 0 Å². The highest BCUT2D eigenvalue weighted by Crippen LogP contribution is 2.34. The molecule has 0 saturated heterocycles. The smallest absolute Gasteiger partial charge is 0.376 e. The number of thiocarbonyl (C=S) groups is 1. The van der Waals surface area contributed by atoms with E-state index in [-0.39, 0.29) is 14.4 Å². The summed E-state index contributed by atoms with van der Waals surface area (Å²) in [5.74, 6) is -0.978. The van der Waals surface area contributed by atoms with Crippen molar-refractivity contribution in [3.05, 3.63) is 27.1 Å². The first-order chi connectivity index (χ1) is 7.21. The number of anilines is 1. The van der Waals surface area contributed by atoms with Crippen LogP contribution in [0.15, 0.2) is 12.1 Å². The van der Waals surface area contributed by atoms with Gasteiger partial charge in [-0.3, -0.25) is 0 Å². The summed E-state index contributed by atoms with van der Waals surface area (Å²) >= 11 is 6.04. The van der Waals surface area contributed by atoms with Gasteiger partial charge in [-0.15, -0.1) is 0 Å². The summed E-state index contributed by atoms with van der Waals surface area (Å²) in [5, 5.41) is 2.06. The lowest BCUT2D eigenvalue weighted by atomic mass is 10.2. The molecule has 16 heavy (non-hydrogen) atoms. The molecule has 0 unspecified atom stereocenters. The Morgan fingerprint density at radius 2 is 1.94 bits per heavy atom. The average molecular weight is 364 g/mol. The summed E-state index contributed by atoms with van der Waals surface area (Å²) < 4.78 is 50.3. The van der Waals surface area contributed by atoms with E-state index in [1.807, 2.05) is 0 Å². The molecule has 0 aromatic heterocycles. The minimum atomic E-state index is -4.61. The van der Waals surface area contributed by atoms with Crippen LogP contribution in [0, 0.1) is 9.39 Å². The molecule has 0 aliphatic rings. The lowest BCUT2D eigenvalue weighted by molar-refractivity contribution is -0.137. The van der Waals surface area contributed by atoms with Crippen molar-refractivity contribution in [3.63, 3.8) is 0 Å². The fraction of sp³-hybridized carbons (Fsp3) is 0.125. The quantitative estimate of drug-likeness (QED) is 0.457. The summed E-state index contributed by atoms with van der Waals surface area (Å²) in [7, 11) is 0. The third kappa shape index (κ3) is 3.17. The van der Waals surface area contributed by atoms with Gasteiger partial charge in [-0.2, -0.15) is 13.2 Å². The molecule has 88 valence electrons. The summed E-state index contributed by atoms with van der Waals surface area (Å²) in [6.07, 6.45) is -4.61. The van der Waals surface area contributed by atoms with Crippen LogP contribution in [0.4, 0.5) is 23.2 Å². The second kappa shape index (κ2) is 4.70. The molecule has 0 aliphatic carbocycles. The first-order valence-electron chi connectivity index (χ1n) is 3.84. The number of nitrogens with two attached hydrogens (primary N) is 1. The Bertz CT molecular complexity index is 433. The van der Waals surface area contributed by atoms with Crippen LogP contribution in [-0.2, 0) is 6.18 Å². The first kappa shape index (κ1) is 13.4. The molecule has 0 radical (unpaired) electrons. The Morgan fingerprint density at radius 3 is 2.38 bits per heavy atom. The first-order valence-corrected chi connectivity index (χ1v) is 5.33. The third-order valence-corrected chi connectivity index (χ3v) is 2.81. The van der Waals surface area contributed by atoms with Gasteiger partial charge in [0.05, 0.1) is 14.8 Å². The molecule has 0 aliphatic heterocycles. The number of hydrogen-bond donors (Lipinski definition) is 2. The highest BCUT2D eigenvalue weighted by molar-refractivity contribution is 14.1. The molecule has 0 saturated carbocycles. The van der Waals surface area contributed by atoms with Crippen molar-refractivity contribution in [2.45, 2.75) is 6.18 Å². The van der Waals surface area contributed by atoms with Crippen molar-refractivity contribution in [1.82, 2.24) is 0 Å². The maximum absolute atomic E-state index is 13.2. The highest BCUT2D eigenvalue weighted by Gasteiger charge is 2.32. The summed E-state index contributed by atoms with van der Waals surface area (Å²) in [5.41, 5.74) is 3.93. The van der Waals surface area contributed by atoms with Gasteiger partial charge in [0, 0.05) is 0 Å². The Balaban J connectivity index is 3.27. The molecule has 0 spiro atoms. The zero-order chi connectivity index (χ0) is 12.5. The van der Waals surface area contributed by atoms with Gasteiger partial charge in [-0.1, -0.05) is 0 Å². The minimum absolute atomic E-state index is 0.00148. The number of halogens is 5. The third-order valence-electron chi connectivity index (χ3n) is 1.61. The minimum Gasteiger partial charge on any atom is -0.376 e. The number of rotatable bonds is 1. The van der Waals surface area contributed by atoms with E-state index < -0.39 is 17.6 Å². The topological polar surface area (TPSA) is 38.0 Å². The summed E-state index contributed by atoms with van der Waals surface area (Å²) in [6.45, 7) is 0. The Morgan fingerprint density at radius 1 is 1.38 bits per heavy atom. The Hall–Kier alpha value is -0.640. The van der Waals surface area contributed by atoms with E-state index in [0.29, 0.717) is 6.07 Å². The molecule has 0 atom stereocenters. The second-order valence-electron chi connectivity index (χ2n) is 2.81. The predicted molar refractivity (Wildman–Crippen MR) is 64.5 cm³/mol. The SMILES string of the molecule is NC(=S)Nc1cc(C(F)(F)F)cc(F)c1I. The van der Waals surface area contributed by atoms with E-state index in [2.05, 4.69) is 17.5 Å². The molecule has 8 heteroatoms. The van der Waals surface area contributed by atoms with Crippen molar-refractivity contribution >= 4 is 45.6 Å². The monoisotopic (exact) mass is 364 g/mol. The fourth-order valence-electron chi connectivity index (χ4n) is 0.976. The predicted octanol–water partition coefficient (Wildman–Crippen LogP) is 3.10. The zero-order valence-electron chi connectivity index (χ0n) is 7.53. The number of alkyl halides is 3. The molecule has 1 aromatic rings. The van der Waals surface area contributed by atoms with Crippen LogP contribution in [0.5, 0.6) is 0 Å². The molecule has 0 fully saturated rings. The lowest BCUT2D eigenvalue weighted by Gasteiger charge is -2.12. The number of nitrogens with one attached hydrogen (secondary N) is 1. The zero-order valence-corrected chi connectivity index (χ0v) is 10.5. The van der Waals surface area contributed by atoms with Crippen molar-refractivity contribution in [2.75, 3.05) is 5.32 Å². The molecule has 3 N–H and O–H groups in total. The van der Waals surface area contributed by atoms with Crippen LogP contribution in [0.2, 0.25) is 0 Å². The van der Waals surface area contributed by atoms with Crippen LogP contribution < -0.4 is 11.1 Å². The number of benzene rings is 1. The Labute approximate surface area is 107 Å². The van der Waals surface area contributed by atoms with Gasteiger partial charge in [0.1, 0.15) is 5.82 Å². The molecule has 0 bridgehead atoms. The number of hydrogen-bond acceptors (Lipinski definition) is 1. The maximum atomic E-state index is 13.2. The molecular weight excluding hydrogens is 359 g/mol. The standard InChI is InChI=1S/C8H5F4IN2S/c9-4-1-3(8(10,11)12)2-5(6(4)13)15-7(14)16/h1-2H,(H3,14,15,16). The van der Waals surface area contributed by atoms with Crippen molar-refractivity contribution in [3.8, 4) is 0 Å². The summed E-state index contributed by atoms with van der Waals surface area (Å²) in [4.78, 5) is 0. The van der Waals surface area contributed by atoms with Crippen LogP contribution in [0.1, 0.15) is 5.56 Å². The van der Waals surface area contributed by atoms with Gasteiger partial charge in [0.25, 0.3) is 0 Å². The van der Waals surface area contributed by atoms with Crippen molar-refractivity contribution in [2.24, 2.45) is 5.73 Å². The van der Waals surface area contributed by atoms with Gasteiger partial charge in [0.2, 0.25) is 0 Å². The molecule has 0 amide bonds. The van der Waals surface area contributed by atoms with E-state index in [9.17, 15) is 17.6 Å². The summed E-state index contributed by atoms with van der Waals surface area (Å²) in [6, 6.07) is 1.18. The molecule has 1 rings (SSSR count).